The molecule has 0 aromatic heterocycles. The Morgan fingerprint density at radius 3 is 2.82 bits per heavy atom. The Balaban J connectivity index is 1.83. The number of aliphatic carboxylic acids is 1. The minimum absolute atomic E-state index is 0.285. The van der Waals surface area contributed by atoms with Crippen LogP contribution in [0.3, 0.4) is 0 Å². The van der Waals surface area contributed by atoms with Gasteiger partial charge in [-0.3, -0.25) is 4.79 Å². The van der Waals surface area contributed by atoms with E-state index in [4.69, 9.17) is 5.11 Å². The summed E-state index contributed by atoms with van der Waals surface area (Å²) in [4.78, 5) is 10.1. The van der Waals surface area contributed by atoms with Crippen molar-refractivity contribution in [1.82, 2.24) is 5.32 Å². The second-order valence-corrected chi connectivity index (χ2v) is 3.76. The van der Waals surface area contributed by atoms with E-state index >= 15 is 0 Å². The van der Waals surface area contributed by atoms with E-state index in [1.54, 1.807) is 0 Å². The summed E-state index contributed by atoms with van der Waals surface area (Å²) in [6, 6.07) is 0.647. The van der Waals surface area contributed by atoms with Crippen LogP contribution in [0.2, 0.25) is 0 Å². The predicted octanol–water partition coefficient (Wildman–Crippen LogP) is 0.556. The lowest BCUT2D eigenvalue weighted by Gasteiger charge is -2.25. The maximum atomic E-state index is 10.1. The zero-order valence-electron chi connectivity index (χ0n) is 6.38. The summed E-state index contributed by atoms with van der Waals surface area (Å²) >= 11 is 1.93. The molecule has 1 rings (SSSR count). The highest BCUT2D eigenvalue weighted by molar-refractivity contribution is 8.00. The molecule has 11 heavy (non-hydrogen) atoms. The molecular weight excluding hydrogens is 162 g/mol. The molecule has 1 fully saturated rings. The Morgan fingerprint density at radius 1 is 1.64 bits per heavy atom. The van der Waals surface area contributed by atoms with Crippen LogP contribution in [-0.2, 0) is 4.79 Å². The van der Waals surface area contributed by atoms with Crippen molar-refractivity contribution in [2.75, 3.05) is 18.1 Å². The first-order chi connectivity index (χ1) is 5.29. The summed E-state index contributed by atoms with van der Waals surface area (Å²) in [5, 5.41) is 11.6. The van der Waals surface area contributed by atoms with E-state index < -0.39 is 5.97 Å². The standard InChI is InChI=1S/C7H13NO2S/c9-7(10)2-1-3-8-6-4-11-5-6/h6,8H,1-5H2,(H,9,10). The number of rotatable bonds is 5. The second kappa shape index (κ2) is 4.62. The molecule has 0 unspecified atom stereocenters. The van der Waals surface area contributed by atoms with Crippen molar-refractivity contribution < 1.29 is 9.90 Å². The Morgan fingerprint density at radius 2 is 2.36 bits per heavy atom. The fourth-order valence-corrected chi connectivity index (χ4v) is 1.61. The molecule has 0 atom stereocenters. The van der Waals surface area contributed by atoms with Crippen LogP contribution in [0.25, 0.3) is 0 Å². The minimum Gasteiger partial charge on any atom is -0.481 e. The highest BCUT2D eigenvalue weighted by Gasteiger charge is 2.16. The monoisotopic (exact) mass is 175 g/mol. The molecule has 1 aliphatic heterocycles. The smallest absolute Gasteiger partial charge is 0.303 e. The highest BCUT2D eigenvalue weighted by Crippen LogP contribution is 2.16. The molecule has 0 amide bonds. The molecule has 2 N–H and O–H groups in total. The quantitative estimate of drug-likeness (QED) is 0.599. The van der Waals surface area contributed by atoms with Gasteiger partial charge in [-0.25, -0.2) is 0 Å². The minimum atomic E-state index is -0.699. The van der Waals surface area contributed by atoms with E-state index in [1.165, 1.54) is 11.5 Å². The number of nitrogens with one attached hydrogen (secondary N) is 1. The molecule has 4 heteroatoms. The molecule has 0 saturated carbocycles. The van der Waals surface area contributed by atoms with E-state index in [1.807, 2.05) is 11.8 Å². The molecule has 0 aromatic carbocycles. The molecule has 0 spiro atoms. The molecule has 1 heterocycles. The fourth-order valence-electron chi connectivity index (χ4n) is 0.899. The lowest BCUT2D eigenvalue weighted by molar-refractivity contribution is -0.137. The van der Waals surface area contributed by atoms with Crippen molar-refractivity contribution in [3.05, 3.63) is 0 Å². The van der Waals surface area contributed by atoms with Crippen LogP contribution >= 0.6 is 11.8 Å². The van der Waals surface area contributed by atoms with Gasteiger partial charge in [-0.2, -0.15) is 11.8 Å². The van der Waals surface area contributed by atoms with Crippen molar-refractivity contribution in [2.45, 2.75) is 18.9 Å². The van der Waals surface area contributed by atoms with Crippen LogP contribution in [0.1, 0.15) is 12.8 Å². The third kappa shape index (κ3) is 3.62. The van der Waals surface area contributed by atoms with Gasteiger partial charge in [0.15, 0.2) is 0 Å². The van der Waals surface area contributed by atoms with Gasteiger partial charge in [-0.1, -0.05) is 0 Å². The van der Waals surface area contributed by atoms with Gasteiger partial charge in [0.25, 0.3) is 0 Å². The molecule has 1 saturated heterocycles. The summed E-state index contributed by atoms with van der Waals surface area (Å²) in [5.41, 5.74) is 0. The Labute approximate surface area is 70.6 Å². The van der Waals surface area contributed by atoms with E-state index in [9.17, 15) is 4.79 Å². The zero-order valence-corrected chi connectivity index (χ0v) is 7.19. The van der Waals surface area contributed by atoms with Gasteiger partial charge in [0.1, 0.15) is 0 Å². The van der Waals surface area contributed by atoms with E-state index in [2.05, 4.69) is 5.32 Å². The first-order valence-corrected chi connectivity index (χ1v) is 4.97. The summed E-state index contributed by atoms with van der Waals surface area (Å²) in [5.74, 6) is 1.68. The predicted molar refractivity (Wildman–Crippen MR) is 46.0 cm³/mol. The van der Waals surface area contributed by atoms with E-state index in [-0.39, 0.29) is 6.42 Å². The normalized spacial score (nSPS) is 17.8. The molecule has 1 aliphatic rings. The van der Waals surface area contributed by atoms with E-state index in [0.717, 1.165) is 13.0 Å². The fraction of sp³-hybridized carbons (Fsp3) is 0.857. The number of hydrogen-bond donors (Lipinski definition) is 2. The van der Waals surface area contributed by atoms with Gasteiger partial charge < -0.3 is 10.4 Å². The van der Waals surface area contributed by atoms with Crippen molar-refractivity contribution in [3.63, 3.8) is 0 Å². The SMILES string of the molecule is O=C(O)CCCNC1CSC1. The zero-order chi connectivity index (χ0) is 8.10. The largest absolute Gasteiger partial charge is 0.481 e. The average Bonchev–Trinajstić information content (AvgIpc) is 1.82. The van der Waals surface area contributed by atoms with Crippen LogP contribution in [-0.4, -0.2) is 35.2 Å². The molecule has 0 aromatic rings. The van der Waals surface area contributed by atoms with Gasteiger partial charge in [0.2, 0.25) is 0 Å². The van der Waals surface area contributed by atoms with Crippen molar-refractivity contribution in [1.29, 1.82) is 0 Å². The lowest BCUT2D eigenvalue weighted by atomic mass is 10.3. The van der Waals surface area contributed by atoms with Gasteiger partial charge in [-0.15, -0.1) is 0 Å². The Hall–Kier alpha value is -0.220. The number of carboxylic acids is 1. The molecule has 0 radical (unpaired) electrons. The summed E-state index contributed by atoms with van der Waals surface area (Å²) in [7, 11) is 0. The summed E-state index contributed by atoms with van der Waals surface area (Å²) in [6.45, 7) is 0.845. The third-order valence-corrected chi connectivity index (χ3v) is 2.91. The van der Waals surface area contributed by atoms with Gasteiger partial charge in [0.05, 0.1) is 0 Å². The Bertz CT molecular complexity index is 136. The van der Waals surface area contributed by atoms with Gasteiger partial charge >= 0.3 is 5.97 Å². The van der Waals surface area contributed by atoms with Crippen LogP contribution in [0.4, 0.5) is 0 Å². The third-order valence-electron chi connectivity index (χ3n) is 1.64. The number of carbonyl (C=O) groups is 1. The second-order valence-electron chi connectivity index (χ2n) is 2.69. The molecule has 64 valence electrons. The lowest BCUT2D eigenvalue weighted by Crippen LogP contribution is -2.40. The summed E-state index contributed by atoms with van der Waals surface area (Å²) in [6.07, 6.45) is 1.03. The van der Waals surface area contributed by atoms with Crippen LogP contribution in [0, 0.1) is 0 Å². The number of thioether (sulfide) groups is 1. The Kier molecular flexibility index (Phi) is 3.72. The number of carboxylic acid groups (broad SMARTS) is 1. The highest BCUT2D eigenvalue weighted by atomic mass is 32.2. The van der Waals surface area contributed by atoms with Gasteiger partial charge in [-0.05, 0) is 13.0 Å². The van der Waals surface area contributed by atoms with E-state index in [0.29, 0.717) is 6.04 Å². The van der Waals surface area contributed by atoms with Crippen molar-refractivity contribution in [3.8, 4) is 0 Å². The summed E-state index contributed by atoms with van der Waals surface area (Å²) < 4.78 is 0. The van der Waals surface area contributed by atoms with Crippen LogP contribution in [0.5, 0.6) is 0 Å². The number of hydrogen-bond acceptors (Lipinski definition) is 3. The molecular formula is C7H13NO2S. The van der Waals surface area contributed by atoms with Crippen LogP contribution < -0.4 is 5.32 Å². The average molecular weight is 175 g/mol. The maximum absolute atomic E-state index is 10.1. The molecule has 0 bridgehead atoms. The first kappa shape index (κ1) is 8.87. The maximum Gasteiger partial charge on any atom is 0.303 e. The van der Waals surface area contributed by atoms with Gasteiger partial charge in [0, 0.05) is 24.0 Å². The molecule has 0 aliphatic carbocycles. The topological polar surface area (TPSA) is 49.3 Å². The first-order valence-electron chi connectivity index (χ1n) is 3.82. The van der Waals surface area contributed by atoms with Crippen LogP contribution in [0.15, 0.2) is 0 Å². The van der Waals surface area contributed by atoms with Crippen molar-refractivity contribution >= 4 is 17.7 Å². The molecule has 3 nitrogen and oxygen atoms in total. The van der Waals surface area contributed by atoms with Crippen molar-refractivity contribution in [2.24, 2.45) is 0 Å².